The molecule has 0 unspecified atom stereocenters. The lowest BCUT2D eigenvalue weighted by atomic mass is 10.1. The first-order valence-corrected chi connectivity index (χ1v) is 5.82. The van der Waals surface area contributed by atoms with Crippen LogP contribution >= 0.6 is 0 Å². The fourth-order valence-electron chi connectivity index (χ4n) is 1.72. The van der Waals surface area contributed by atoms with Gasteiger partial charge in [-0.2, -0.15) is 0 Å². The molecule has 7 heteroatoms. The number of nitrogen functional groups attached to an aromatic ring is 1. The number of hydrogen-bond donors (Lipinski definition) is 2. The van der Waals surface area contributed by atoms with Crippen LogP contribution in [-0.4, -0.2) is 5.91 Å². The second kappa shape index (κ2) is 5.43. The van der Waals surface area contributed by atoms with Gasteiger partial charge in [-0.15, -0.1) is 0 Å². The minimum absolute atomic E-state index is 0.0696. The van der Waals surface area contributed by atoms with Crippen molar-refractivity contribution < 1.29 is 22.4 Å². The quantitative estimate of drug-likeness (QED) is 0.659. The van der Waals surface area contributed by atoms with E-state index < -0.39 is 46.1 Å². The van der Waals surface area contributed by atoms with Crippen LogP contribution in [0.2, 0.25) is 0 Å². The van der Waals surface area contributed by atoms with E-state index >= 15 is 0 Å². The highest BCUT2D eigenvalue weighted by Gasteiger charge is 2.22. The molecule has 0 spiro atoms. The summed E-state index contributed by atoms with van der Waals surface area (Å²) < 4.78 is 54.5. The van der Waals surface area contributed by atoms with Gasteiger partial charge in [0, 0.05) is 0 Å². The Morgan fingerprint density at radius 3 is 2.29 bits per heavy atom. The predicted octanol–water partition coefficient (Wildman–Crippen LogP) is 3.39. The summed E-state index contributed by atoms with van der Waals surface area (Å²) in [4.78, 5) is 11.8. The number of nitrogens with one attached hydrogen (secondary N) is 1. The fourth-order valence-corrected chi connectivity index (χ4v) is 1.72. The predicted molar refractivity (Wildman–Crippen MR) is 69.8 cm³/mol. The van der Waals surface area contributed by atoms with Gasteiger partial charge in [0.1, 0.15) is 22.9 Å². The number of rotatable bonds is 2. The lowest BCUT2D eigenvalue weighted by Crippen LogP contribution is -2.18. The van der Waals surface area contributed by atoms with Crippen LogP contribution in [0.1, 0.15) is 15.9 Å². The number of amides is 1. The van der Waals surface area contributed by atoms with Gasteiger partial charge in [-0.3, -0.25) is 4.79 Å². The van der Waals surface area contributed by atoms with Gasteiger partial charge in [0.2, 0.25) is 0 Å². The van der Waals surface area contributed by atoms with Gasteiger partial charge < -0.3 is 11.1 Å². The first-order chi connectivity index (χ1) is 9.82. The van der Waals surface area contributed by atoms with E-state index in [9.17, 15) is 22.4 Å². The summed E-state index contributed by atoms with van der Waals surface area (Å²) in [7, 11) is 0. The molecule has 0 bridgehead atoms. The molecule has 3 N–H and O–H groups in total. The highest BCUT2D eigenvalue weighted by atomic mass is 19.1. The molecule has 2 aromatic rings. The molecule has 0 heterocycles. The van der Waals surface area contributed by atoms with Gasteiger partial charge >= 0.3 is 0 Å². The Hall–Kier alpha value is -2.57. The van der Waals surface area contributed by atoms with E-state index in [0.717, 1.165) is 18.2 Å². The molecule has 0 radical (unpaired) electrons. The maximum absolute atomic E-state index is 13.8. The summed E-state index contributed by atoms with van der Waals surface area (Å²) in [6.45, 7) is 1.35. The van der Waals surface area contributed by atoms with Gasteiger partial charge in [-0.05, 0) is 30.7 Å². The smallest absolute Gasteiger partial charge is 0.261 e. The second-order valence-corrected chi connectivity index (χ2v) is 4.33. The van der Waals surface area contributed by atoms with E-state index in [-0.39, 0.29) is 5.56 Å². The van der Waals surface area contributed by atoms with E-state index in [0.29, 0.717) is 0 Å². The summed E-state index contributed by atoms with van der Waals surface area (Å²) in [5, 5.41) is 1.82. The normalized spacial score (nSPS) is 10.5. The number of halogens is 4. The zero-order chi connectivity index (χ0) is 15.7. The maximum atomic E-state index is 13.8. The van der Waals surface area contributed by atoms with Crippen LogP contribution in [-0.2, 0) is 0 Å². The van der Waals surface area contributed by atoms with Crippen molar-refractivity contribution in [1.82, 2.24) is 0 Å². The molecule has 21 heavy (non-hydrogen) atoms. The van der Waals surface area contributed by atoms with Crippen molar-refractivity contribution in [2.24, 2.45) is 0 Å². The molecule has 2 aromatic carbocycles. The average Bonchev–Trinajstić information content (AvgIpc) is 2.44. The molecule has 2 rings (SSSR count). The van der Waals surface area contributed by atoms with Gasteiger partial charge in [0.15, 0.2) is 11.6 Å². The number of hydrogen-bond acceptors (Lipinski definition) is 2. The zero-order valence-electron chi connectivity index (χ0n) is 10.8. The molecule has 0 aliphatic rings. The molecule has 0 aliphatic carbocycles. The van der Waals surface area contributed by atoms with E-state index in [1.165, 1.54) is 13.0 Å². The van der Waals surface area contributed by atoms with E-state index in [4.69, 9.17) is 5.73 Å². The number of anilines is 2. The molecule has 0 aliphatic heterocycles. The summed E-state index contributed by atoms with van der Waals surface area (Å²) >= 11 is 0. The molecule has 0 fully saturated rings. The van der Waals surface area contributed by atoms with E-state index in [2.05, 4.69) is 0 Å². The van der Waals surface area contributed by atoms with Crippen LogP contribution in [0.5, 0.6) is 0 Å². The third kappa shape index (κ3) is 2.67. The minimum atomic E-state index is -1.33. The number of carbonyl (C=O) groups excluding carboxylic acids is 1. The maximum Gasteiger partial charge on any atom is 0.261 e. The molecule has 0 saturated heterocycles. The van der Waals surface area contributed by atoms with Crippen molar-refractivity contribution >= 4 is 17.3 Å². The number of aryl methyl sites for hydroxylation is 1. The summed E-state index contributed by atoms with van der Waals surface area (Å²) in [6.07, 6.45) is 0. The molecule has 0 aromatic heterocycles. The monoisotopic (exact) mass is 298 g/mol. The lowest BCUT2D eigenvalue weighted by Gasteiger charge is -2.11. The Morgan fingerprint density at radius 1 is 1.00 bits per heavy atom. The average molecular weight is 298 g/mol. The van der Waals surface area contributed by atoms with Crippen LogP contribution < -0.4 is 11.1 Å². The highest BCUT2D eigenvalue weighted by molar-refractivity contribution is 6.05. The molecule has 3 nitrogen and oxygen atoms in total. The third-order valence-electron chi connectivity index (χ3n) is 2.87. The third-order valence-corrected chi connectivity index (χ3v) is 2.87. The van der Waals surface area contributed by atoms with Gasteiger partial charge in [-0.25, -0.2) is 17.6 Å². The van der Waals surface area contributed by atoms with Crippen molar-refractivity contribution in [2.75, 3.05) is 11.1 Å². The highest BCUT2D eigenvalue weighted by Crippen LogP contribution is 2.24. The van der Waals surface area contributed by atoms with Crippen molar-refractivity contribution in [1.29, 1.82) is 0 Å². The SMILES string of the molecule is Cc1ccc(F)c(NC(=O)c2c(F)ccc(N)c2F)c1F. The largest absolute Gasteiger partial charge is 0.396 e. The Bertz CT molecular complexity index is 731. The van der Waals surface area contributed by atoms with Crippen LogP contribution in [0.25, 0.3) is 0 Å². The Labute approximate surface area is 117 Å². The topological polar surface area (TPSA) is 55.1 Å². The van der Waals surface area contributed by atoms with Crippen molar-refractivity contribution in [3.63, 3.8) is 0 Å². The standard InChI is InChI=1S/C14H10F4N2O/c1-6-2-3-8(16)13(11(6)17)20-14(21)10-7(15)4-5-9(19)12(10)18/h2-5H,19H2,1H3,(H,20,21). The molecule has 1 amide bonds. The van der Waals surface area contributed by atoms with E-state index in [1.807, 2.05) is 5.32 Å². The molecule has 0 atom stereocenters. The lowest BCUT2D eigenvalue weighted by molar-refractivity contribution is 0.101. The molecular weight excluding hydrogens is 288 g/mol. The zero-order valence-corrected chi connectivity index (χ0v) is 10.8. The van der Waals surface area contributed by atoms with Crippen LogP contribution in [0.15, 0.2) is 24.3 Å². The van der Waals surface area contributed by atoms with E-state index in [1.54, 1.807) is 0 Å². The fraction of sp³-hybridized carbons (Fsp3) is 0.0714. The van der Waals surface area contributed by atoms with Gasteiger partial charge in [0.25, 0.3) is 5.91 Å². The minimum Gasteiger partial charge on any atom is -0.396 e. The van der Waals surface area contributed by atoms with Crippen molar-refractivity contribution in [3.8, 4) is 0 Å². The first-order valence-electron chi connectivity index (χ1n) is 5.82. The second-order valence-electron chi connectivity index (χ2n) is 4.33. The Balaban J connectivity index is 2.45. The van der Waals surface area contributed by atoms with Gasteiger partial charge in [0.05, 0.1) is 5.69 Å². The molecule has 110 valence electrons. The summed E-state index contributed by atoms with van der Waals surface area (Å²) in [6, 6.07) is 3.83. The molecular formula is C14H10F4N2O. The first kappa shape index (κ1) is 14.8. The molecule has 0 saturated carbocycles. The van der Waals surface area contributed by atoms with Crippen LogP contribution in [0, 0.1) is 30.2 Å². The van der Waals surface area contributed by atoms with Crippen molar-refractivity contribution in [3.05, 3.63) is 58.7 Å². The number of carbonyl (C=O) groups is 1. The number of benzene rings is 2. The van der Waals surface area contributed by atoms with Crippen LogP contribution in [0.3, 0.4) is 0 Å². The summed E-state index contributed by atoms with van der Waals surface area (Å²) in [5.74, 6) is -5.89. The Kier molecular flexibility index (Phi) is 3.84. The van der Waals surface area contributed by atoms with Crippen LogP contribution in [0.4, 0.5) is 28.9 Å². The van der Waals surface area contributed by atoms with Gasteiger partial charge in [-0.1, -0.05) is 6.07 Å². The Morgan fingerprint density at radius 2 is 1.62 bits per heavy atom. The van der Waals surface area contributed by atoms with Crippen molar-refractivity contribution in [2.45, 2.75) is 6.92 Å². The number of nitrogens with two attached hydrogens (primary N) is 1. The summed E-state index contributed by atoms with van der Waals surface area (Å²) in [5.41, 5.74) is 3.07.